The molecule has 1 N–H and O–H groups in total. The zero-order valence-corrected chi connectivity index (χ0v) is 13.6. The van der Waals surface area contributed by atoms with Crippen LogP contribution in [0.15, 0.2) is 6.20 Å². The van der Waals surface area contributed by atoms with Gasteiger partial charge in [0.05, 0.1) is 12.2 Å². The normalized spacial score (nSPS) is 17.0. The minimum absolute atomic E-state index is 0.144. The van der Waals surface area contributed by atoms with Crippen LogP contribution < -0.4 is 5.32 Å². The predicted octanol–water partition coefficient (Wildman–Crippen LogP) is 2.00. The van der Waals surface area contributed by atoms with Crippen molar-refractivity contribution in [3.63, 3.8) is 0 Å². The first kappa shape index (κ1) is 16.0. The van der Waals surface area contributed by atoms with E-state index in [1.807, 2.05) is 31.9 Å². The van der Waals surface area contributed by atoms with E-state index in [1.165, 1.54) is 31.2 Å². The number of carbonyl (C=O) groups is 1. The van der Waals surface area contributed by atoms with Gasteiger partial charge in [0.1, 0.15) is 0 Å². The molecule has 0 aliphatic heterocycles. The summed E-state index contributed by atoms with van der Waals surface area (Å²) in [6.45, 7) is 3.22. The van der Waals surface area contributed by atoms with E-state index in [9.17, 15) is 4.79 Å². The maximum absolute atomic E-state index is 12.1. The number of nitrogens with one attached hydrogen (secondary N) is 1. The van der Waals surface area contributed by atoms with Crippen LogP contribution in [-0.4, -0.2) is 40.2 Å². The molecule has 5 heteroatoms. The van der Waals surface area contributed by atoms with E-state index in [1.54, 1.807) is 0 Å². The molecule has 118 valence electrons. The van der Waals surface area contributed by atoms with E-state index >= 15 is 0 Å². The largest absolute Gasteiger partial charge is 0.352 e. The van der Waals surface area contributed by atoms with Crippen molar-refractivity contribution in [3.8, 4) is 0 Å². The number of hydrogen-bond acceptors (Lipinski definition) is 3. The third-order valence-corrected chi connectivity index (χ3v) is 4.19. The molecule has 1 amide bonds. The van der Waals surface area contributed by atoms with Crippen molar-refractivity contribution in [2.75, 3.05) is 13.6 Å². The summed E-state index contributed by atoms with van der Waals surface area (Å²) in [6, 6.07) is 0.383. The highest BCUT2D eigenvalue weighted by Crippen LogP contribution is 2.17. The molecule has 0 unspecified atom stereocenters. The number of hydrogen-bond donors (Lipinski definition) is 1. The van der Waals surface area contributed by atoms with E-state index < -0.39 is 0 Å². The van der Waals surface area contributed by atoms with Crippen molar-refractivity contribution >= 4 is 5.91 Å². The summed E-state index contributed by atoms with van der Waals surface area (Å²) in [5, 5.41) is 7.53. The highest BCUT2D eigenvalue weighted by molar-refractivity contribution is 5.78. The first-order valence-corrected chi connectivity index (χ1v) is 8.01. The van der Waals surface area contributed by atoms with Gasteiger partial charge in [0.25, 0.3) is 0 Å². The molecule has 1 fully saturated rings. The highest BCUT2D eigenvalue weighted by Gasteiger charge is 2.16. The van der Waals surface area contributed by atoms with Crippen molar-refractivity contribution in [3.05, 3.63) is 17.5 Å². The van der Waals surface area contributed by atoms with E-state index in [0.717, 1.165) is 25.1 Å². The summed E-state index contributed by atoms with van der Waals surface area (Å²) in [4.78, 5) is 14.2. The van der Waals surface area contributed by atoms with Gasteiger partial charge >= 0.3 is 0 Å². The van der Waals surface area contributed by atoms with Crippen LogP contribution in [0.2, 0.25) is 0 Å². The van der Waals surface area contributed by atoms with Gasteiger partial charge < -0.3 is 5.32 Å². The number of nitrogens with zero attached hydrogens (tertiary/aromatic N) is 3. The fourth-order valence-electron chi connectivity index (χ4n) is 3.09. The van der Waals surface area contributed by atoms with Crippen molar-refractivity contribution in [1.29, 1.82) is 0 Å². The second kappa shape index (κ2) is 7.59. The number of likely N-dealkylation sites (N-methyl/N-ethyl adjacent to an activating group) is 1. The van der Waals surface area contributed by atoms with Crippen LogP contribution >= 0.6 is 0 Å². The Labute approximate surface area is 127 Å². The monoisotopic (exact) mass is 292 g/mol. The van der Waals surface area contributed by atoms with Gasteiger partial charge in [-0.2, -0.15) is 5.10 Å². The highest BCUT2D eigenvalue weighted by atomic mass is 16.2. The molecule has 0 atom stereocenters. The first-order chi connectivity index (χ1) is 10.0. The van der Waals surface area contributed by atoms with Crippen LogP contribution in [0, 0.1) is 6.92 Å². The Morgan fingerprint density at radius 3 is 2.62 bits per heavy atom. The molecular weight excluding hydrogens is 264 g/mol. The molecule has 1 aliphatic carbocycles. The second-order valence-electron chi connectivity index (χ2n) is 6.34. The van der Waals surface area contributed by atoms with Crippen LogP contribution in [-0.2, 0) is 18.4 Å². The Morgan fingerprint density at radius 1 is 1.38 bits per heavy atom. The van der Waals surface area contributed by atoms with Gasteiger partial charge in [-0.05, 0) is 26.8 Å². The van der Waals surface area contributed by atoms with Crippen molar-refractivity contribution < 1.29 is 4.79 Å². The standard InChI is InChI=1S/C16H28N4O/c1-13-14(11-20(3)18-13)10-19(2)12-16(21)17-15-8-6-4-5-7-9-15/h11,15H,4-10,12H2,1-3H3,(H,17,21). The zero-order chi connectivity index (χ0) is 15.2. The van der Waals surface area contributed by atoms with Gasteiger partial charge in [-0.3, -0.25) is 14.4 Å². The van der Waals surface area contributed by atoms with E-state index in [4.69, 9.17) is 0 Å². The smallest absolute Gasteiger partial charge is 0.234 e. The first-order valence-electron chi connectivity index (χ1n) is 8.01. The number of rotatable bonds is 5. The lowest BCUT2D eigenvalue weighted by Crippen LogP contribution is -2.40. The Balaban J connectivity index is 1.77. The lowest BCUT2D eigenvalue weighted by molar-refractivity contribution is -0.122. The molecule has 1 heterocycles. The van der Waals surface area contributed by atoms with Crippen LogP contribution in [0.25, 0.3) is 0 Å². The van der Waals surface area contributed by atoms with Gasteiger partial charge in [0.2, 0.25) is 5.91 Å². The Bertz CT molecular complexity index is 461. The summed E-state index contributed by atoms with van der Waals surface area (Å²) >= 11 is 0. The van der Waals surface area contributed by atoms with Crippen molar-refractivity contribution in [1.82, 2.24) is 20.0 Å². The molecule has 1 aliphatic rings. The molecule has 0 bridgehead atoms. The molecule has 1 aromatic heterocycles. The van der Waals surface area contributed by atoms with Crippen LogP contribution in [0.3, 0.4) is 0 Å². The summed E-state index contributed by atoms with van der Waals surface area (Å²) in [5.41, 5.74) is 2.22. The molecule has 2 rings (SSSR count). The van der Waals surface area contributed by atoms with E-state index in [2.05, 4.69) is 15.3 Å². The minimum atomic E-state index is 0.144. The fourth-order valence-corrected chi connectivity index (χ4v) is 3.09. The molecule has 21 heavy (non-hydrogen) atoms. The van der Waals surface area contributed by atoms with Crippen LogP contribution in [0.5, 0.6) is 0 Å². The Hall–Kier alpha value is -1.36. The Morgan fingerprint density at radius 2 is 2.05 bits per heavy atom. The summed E-state index contributed by atoms with van der Waals surface area (Å²) < 4.78 is 1.82. The third kappa shape index (κ3) is 5.16. The molecule has 0 radical (unpaired) electrons. The van der Waals surface area contributed by atoms with Crippen LogP contribution in [0.1, 0.15) is 49.8 Å². The lowest BCUT2D eigenvalue weighted by atomic mass is 10.1. The SMILES string of the molecule is Cc1nn(C)cc1CN(C)CC(=O)NC1CCCCCC1. The van der Waals surface area contributed by atoms with Crippen LogP contribution in [0.4, 0.5) is 0 Å². The fraction of sp³-hybridized carbons (Fsp3) is 0.750. The molecule has 1 aromatic rings. The molecule has 0 saturated heterocycles. The maximum Gasteiger partial charge on any atom is 0.234 e. The number of carbonyl (C=O) groups excluding carboxylic acids is 1. The lowest BCUT2D eigenvalue weighted by Gasteiger charge is -2.20. The number of amides is 1. The van der Waals surface area contributed by atoms with Gasteiger partial charge in [0.15, 0.2) is 0 Å². The summed E-state index contributed by atoms with van der Waals surface area (Å²) in [7, 11) is 3.91. The second-order valence-corrected chi connectivity index (χ2v) is 6.34. The average molecular weight is 292 g/mol. The van der Waals surface area contributed by atoms with E-state index in [-0.39, 0.29) is 5.91 Å². The average Bonchev–Trinajstić information content (AvgIpc) is 2.62. The Kier molecular flexibility index (Phi) is 5.79. The zero-order valence-electron chi connectivity index (χ0n) is 13.6. The predicted molar refractivity (Wildman–Crippen MR) is 83.9 cm³/mol. The van der Waals surface area contributed by atoms with Gasteiger partial charge in [-0.25, -0.2) is 0 Å². The molecule has 0 spiro atoms. The van der Waals surface area contributed by atoms with Gasteiger partial charge in [-0.15, -0.1) is 0 Å². The third-order valence-electron chi connectivity index (χ3n) is 4.19. The molecule has 1 saturated carbocycles. The topological polar surface area (TPSA) is 50.2 Å². The number of aromatic nitrogens is 2. The molecule has 0 aromatic carbocycles. The quantitative estimate of drug-likeness (QED) is 0.845. The van der Waals surface area contributed by atoms with Gasteiger partial charge in [-0.1, -0.05) is 25.7 Å². The van der Waals surface area contributed by atoms with Gasteiger partial charge in [0, 0.05) is 31.4 Å². The van der Waals surface area contributed by atoms with E-state index in [0.29, 0.717) is 12.6 Å². The minimum Gasteiger partial charge on any atom is -0.352 e. The maximum atomic E-state index is 12.1. The van der Waals surface area contributed by atoms with Crippen molar-refractivity contribution in [2.24, 2.45) is 7.05 Å². The summed E-state index contributed by atoms with van der Waals surface area (Å²) in [5.74, 6) is 0.144. The molecular formula is C16H28N4O. The number of aryl methyl sites for hydroxylation is 2. The molecule has 5 nitrogen and oxygen atoms in total. The summed E-state index contributed by atoms with van der Waals surface area (Å²) in [6.07, 6.45) is 9.41. The van der Waals surface area contributed by atoms with Crippen molar-refractivity contribution in [2.45, 2.75) is 58.0 Å².